The molecule has 0 amide bonds. The molecule has 5 nitrogen and oxygen atoms in total. The molecule has 22 heavy (non-hydrogen) atoms. The molecular weight excluding hydrogens is 302 g/mol. The smallest absolute Gasteiger partial charge is 0.169 e. The first kappa shape index (κ1) is 21.8. The topological polar surface area (TPSA) is 77.4 Å². The van der Waals surface area contributed by atoms with Gasteiger partial charge in [-0.2, -0.15) is 0 Å². The fraction of sp³-hybridized carbons (Fsp3) is 1.00. The van der Waals surface area contributed by atoms with Crippen molar-refractivity contribution in [3.8, 4) is 0 Å². The second-order valence-electron chi connectivity index (χ2n) is 6.66. The lowest BCUT2D eigenvalue weighted by Crippen LogP contribution is -2.49. The molecule has 0 rings (SSSR count). The summed E-state index contributed by atoms with van der Waals surface area (Å²) >= 11 is 0. The predicted molar refractivity (Wildman–Crippen MR) is 89.4 cm³/mol. The van der Waals surface area contributed by atoms with E-state index < -0.39 is 16.0 Å². The Labute approximate surface area is 137 Å². The summed E-state index contributed by atoms with van der Waals surface area (Å²) in [6.45, 7) is 3.09. The van der Waals surface area contributed by atoms with Crippen molar-refractivity contribution >= 4 is 10.1 Å². The number of quaternary nitrogens is 1. The van der Waals surface area contributed by atoms with E-state index in [9.17, 15) is 13.0 Å². The van der Waals surface area contributed by atoms with E-state index >= 15 is 0 Å². The molecule has 0 aliphatic rings. The monoisotopic (exact) mass is 337 g/mol. The van der Waals surface area contributed by atoms with Crippen LogP contribution in [0.5, 0.6) is 0 Å². The van der Waals surface area contributed by atoms with Gasteiger partial charge in [0.25, 0.3) is 0 Å². The van der Waals surface area contributed by atoms with Crippen LogP contribution in [-0.2, 0) is 10.1 Å². The highest BCUT2D eigenvalue weighted by Gasteiger charge is 2.23. The summed E-state index contributed by atoms with van der Waals surface area (Å²) in [7, 11) is -2.52. The van der Waals surface area contributed by atoms with Gasteiger partial charge in [0.2, 0.25) is 0 Å². The molecule has 134 valence electrons. The third-order valence-corrected chi connectivity index (χ3v) is 5.10. The van der Waals surface area contributed by atoms with Gasteiger partial charge in [-0.15, -0.1) is 0 Å². The lowest BCUT2D eigenvalue weighted by Gasteiger charge is -2.34. The van der Waals surface area contributed by atoms with Crippen LogP contribution in [0.1, 0.15) is 71.1 Å². The van der Waals surface area contributed by atoms with Gasteiger partial charge in [-0.3, -0.25) is 0 Å². The zero-order valence-electron chi connectivity index (χ0n) is 14.4. The van der Waals surface area contributed by atoms with Crippen LogP contribution in [0.4, 0.5) is 0 Å². The third-order valence-electron chi connectivity index (χ3n) is 4.16. The maximum atomic E-state index is 11.0. The fourth-order valence-electron chi connectivity index (χ4n) is 2.85. The van der Waals surface area contributed by atoms with E-state index in [1.54, 1.807) is 7.05 Å². The lowest BCUT2D eigenvalue weighted by molar-refractivity contribution is -0.899. The SMILES string of the molecule is CCCCCCCCCCCC[N+](C)(CCO)CS(=O)(=O)[O-]. The quantitative estimate of drug-likeness (QED) is 0.283. The average Bonchev–Trinajstić information content (AvgIpc) is 2.39. The molecule has 0 saturated heterocycles. The summed E-state index contributed by atoms with van der Waals surface area (Å²) in [5.74, 6) is -0.426. The van der Waals surface area contributed by atoms with Crippen molar-refractivity contribution in [2.45, 2.75) is 71.1 Å². The molecule has 0 fully saturated rings. The van der Waals surface area contributed by atoms with Crippen LogP contribution in [-0.4, -0.2) is 55.2 Å². The van der Waals surface area contributed by atoms with Crippen LogP contribution in [0, 0.1) is 0 Å². The number of likely N-dealkylation sites (N-methyl/N-ethyl adjacent to an activating group) is 1. The minimum absolute atomic E-state index is 0.0935. The summed E-state index contributed by atoms with van der Waals surface area (Å²) in [5.41, 5.74) is 0. The van der Waals surface area contributed by atoms with E-state index in [-0.39, 0.29) is 11.1 Å². The predicted octanol–water partition coefficient (Wildman–Crippen LogP) is 2.85. The van der Waals surface area contributed by atoms with Gasteiger partial charge in [-0.05, 0) is 12.8 Å². The summed E-state index contributed by atoms with van der Waals surface area (Å²) in [6.07, 6.45) is 12.3. The minimum atomic E-state index is -4.26. The van der Waals surface area contributed by atoms with Crippen LogP contribution >= 0.6 is 0 Å². The van der Waals surface area contributed by atoms with Crippen molar-refractivity contribution in [3.05, 3.63) is 0 Å². The number of hydrogen-bond acceptors (Lipinski definition) is 4. The van der Waals surface area contributed by atoms with Crippen molar-refractivity contribution in [2.24, 2.45) is 0 Å². The molecule has 0 aromatic heterocycles. The van der Waals surface area contributed by atoms with E-state index in [1.807, 2.05) is 0 Å². The zero-order valence-corrected chi connectivity index (χ0v) is 15.2. The van der Waals surface area contributed by atoms with Gasteiger partial charge in [0, 0.05) is 0 Å². The number of aliphatic hydroxyl groups excluding tert-OH is 1. The van der Waals surface area contributed by atoms with Crippen molar-refractivity contribution in [1.82, 2.24) is 0 Å². The lowest BCUT2D eigenvalue weighted by atomic mass is 10.1. The molecule has 0 heterocycles. The van der Waals surface area contributed by atoms with Gasteiger partial charge >= 0.3 is 0 Å². The summed E-state index contributed by atoms with van der Waals surface area (Å²) in [4.78, 5) is 0. The van der Waals surface area contributed by atoms with Gasteiger partial charge in [0.15, 0.2) is 5.88 Å². The van der Waals surface area contributed by atoms with Crippen LogP contribution in [0.2, 0.25) is 0 Å². The Morgan fingerprint density at radius 3 is 1.73 bits per heavy atom. The summed E-state index contributed by atoms with van der Waals surface area (Å²) < 4.78 is 33.0. The fourth-order valence-corrected chi connectivity index (χ4v) is 3.87. The van der Waals surface area contributed by atoms with Crippen LogP contribution in [0.15, 0.2) is 0 Å². The highest BCUT2D eigenvalue weighted by Crippen LogP contribution is 2.13. The Hall–Kier alpha value is -0.170. The van der Waals surface area contributed by atoms with Gasteiger partial charge < -0.3 is 14.1 Å². The molecule has 0 bridgehead atoms. The Bertz CT molecular complexity index is 359. The molecule has 0 aromatic carbocycles. The maximum Gasteiger partial charge on any atom is 0.169 e. The van der Waals surface area contributed by atoms with E-state index in [4.69, 9.17) is 5.11 Å². The van der Waals surface area contributed by atoms with Gasteiger partial charge in [-0.25, -0.2) is 8.42 Å². The molecule has 0 aliphatic heterocycles. The van der Waals surface area contributed by atoms with Crippen molar-refractivity contribution < 1.29 is 22.6 Å². The van der Waals surface area contributed by atoms with Gasteiger partial charge in [0.05, 0.1) is 20.2 Å². The van der Waals surface area contributed by atoms with Crippen molar-refractivity contribution in [2.75, 3.05) is 32.6 Å². The molecule has 0 radical (unpaired) electrons. The Morgan fingerprint density at radius 1 is 0.864 bits per heavy atom. The van der Waals surface area contributed by atoms with Crippen molar-refractivity contribution in [3.63, 3.8) is 0 Å². The molecular formula is C16H35NO4S. The molecule has 6 heteroatoms. The van der Waals surface area contributed by atoms with E-state index in [2.05, 4.69) is 6.92 Å². The van der Waals surface area contributed by atoms with Crippen molar-refractivity contribution in [1.29, 1.82) is 0 Å². The molecule has 1 unspecified atom stereocenters. The minimum Gasteiger partial charge on any atom is -0.744 e. The number of hydrogen-bond donors (Lipinski definition) is 1. The molecule has 1 atom stereocenters. The first-order chi connectivity index (χ1) is 10.3. The summed E-state index contributed by atoms with van der Waals surface area (Å²) in [5, 5.41) is 9.05. The molecule has 1 N–H and O–H groups in total. The normalized spacial score (nSPS) is 14.9. The molecule has 0 saturated carbocycles. The molecule has 0 aromatic rings. The maximum absolute atomic E-state index is 11.0. The van der Waals surface area contributed by atoms with Gasteiger partial charge in [-0.1, -0.05) is 58.3 Å². The largest absolute Gasteiger partial charge is 0.744 e. The standard InChI is InChI=1S/C16H35NO4S/c1-3-4-5-6-7-8-9-10-11-12-13-17(2,14-15-18)16-22(19,20)21/h18H,3-16H2,1-2H3. The number of rotatable bonds is 15. The average molecular weight is 338 g/mol. The third kappa shape index (κ3) is 13.5. The van der Waals surface area contributed by atoms with Crippen LogP contribution < -0.4 is 0 Å². The molecule has 0 aliphatic carbocycles. The Morgan fingerprint density at radius 2 is 1.32 bits per heavy atom. The highest BCUT2D eigenvalue weighted by atomic mass is 32.2. The highest BCUT2D eigenvalue weighted by molar-refractivity contribution is 7.85. The second kappa shape index (κ2) is 12.3. The number of aliphatic hydroxyl groups is 1. The molecule has 0 spiro atoms. The number of nitrogens with zero attached hydrogens (tertiary/aromatic N) is 1. The van der Waals surface area contributed by atoms with Crippen LogP contribution in [0.3, 0.4) is 0 Å². The van der Waals surface area contributed by atoms with E-state index in [1.165, 1.54) is 44.9 Å². The van der Waals surface area contributed by atoms with E-state index in [0.717, 1.165) is 19.3 Å². The zero-order chi connectivity index (χ0) is 16.9. The van der Waals surface area contributed by atoms with E-state index in [0.29, 0.717) is 13.1 Å². The summed E-state index contributed by atoms with van der Waals surface area (Å²) in [6, 6.07) is 0. The first-order valence-corrected chi connectivity index (χ1v) is 10.3. The Kier molecular flexibility index (Phi) is 12.2. The van der Waals surface area contributed by atoms with Gasteiger partial charge in [0.1, 0.15) is 16.7 Å². The first-order valence-electron chi connectivity index (χ1n) is 8.71. The van der Waals surface area contributed by atoms with Crippen LogP contribution in [0.25, 0.3) is 0 Å². The Balaban J connectivity index is 3.73. The second-order valence-corrected chi connectivity index (χ2v) is 8.03. The number of unbranched alkanes of at least 4 members (excludes halogenated alkanes) is 9.